The van der Waals surface area contributed by atoms with Gasteiger partial charge in [0, 0.05) is 25.2 Å². The fourth-order valence-corrected chi connectivity index (χ4v) is 2.36. The summed E-state index contributed by atoms with van der Waals surface area (Å²) in [6.45, 7) is 1.11. The molecule has 0 aliphatic rings. The van der Waals surface area contributed by atoms with Gasteiger partial charge in [0.2, 0.25) is 5.91 Å². The van der Waals surface area contributed by atoms with E-state index in [1.54, 1.807) is 42.3 Å². The lowest BCUT2D eigenvalue weighted by Gasteiger charge is -2.15. The van der Waals surface area contributed by atoms with Gasteiger partial charge in [0.1, 0.15) is 10.7 Å². The molecular weight excluding hydrogens is 348 g/mol. The number of hydrogen-bond donors (Lipinski definition) is 2. The SMILES string of the molecule is CN(CCCOc1ccc(C(=S)NO)cc1)C(=O)/C=C/c1ccccc1. The highest BCUT2D eigenvalue weighted by Gasteiger charge is 2.05. The van der Waals surface area contributed by atoms with Gasteiger partial charge in [-0.3, -0.25) is 15.5 Å². The molecule has 0 aliphatic heterocycles. The standard InChI is InChI=1S/C20H22N2O3S/c1-22(19(23)13-8-16-6-3-2-4-7-16)14-5-15-25-18-11-9-17(10-12-18)20(26)21-24/h2-4,6-13,24H,5,14-15H2,1H3,(H,21,26)/b13-8+. The van der Waals surface area contributed by atoms with Crippen molar-refractivity contribution in [2.75, 3.05) is 20.2 Å². The van der Waals surface area contributed by atoms with Crippen LogP contribution >= 0.6 is 12.2 Å². The summed E-state index contributed by atoms with van der Waals surface area (Å²) in [6.07, 6.45) is 4.11. The lowest BCUT2D eigenvalue weighted by Crippen LogP contribution is -2.26. The zero-order valence-corrected chi connectivity index (χ0v) is 15.4. The molecule has 1 amide bonds. The summed E-state index contributed by atoms with van der Waals surface area (Å²) in [6, 6.07) is 16.8. The van der Waals surface area contributed by atoms with Crippen LogP contribution < -0.4 is 10.2 Å². The maximum absolute atomic E-state index is 12.1. The molecule has 2 N–H and O–H groups in total. The van der Waals surface area contributed by atoms with E-state index in [0.29, 0.717) is 24.5 Å². The Bertz CT molecular complexity index is 745. The van der Waals surface area contributed by atoms with Crippen LogP contribution in [0, 0.1) is 0 Å². The Labute approximate surface area is 158 Å². The second kappa shape index (κ2) is 10.3. The summed E-state index contributed by atoms with van der Waals surface area (Å²) in [4.78, 5) is 14.0. The molecule has 0 fully saturated rings. The van der Waals surface area contributed by atoms with Gasteiger partial charge in [-0.25, -0.2) is 0 Å². The van der Waals surface area contributed by atoms with Crippen LogP contribution in [0.4, 0.5) is 0 Å². The van der Waals surface area contributed by atoms with Crippen LogP contribution in [0.15, 0.2) is 60.7 Å². The number of nitrogens with zero attached hydrogens (tertiary/aromatic N) is 1. The molecule has 0 unspecified atom stereocenters. The number of thiocarbonyl (C=S) groups is 1. The van der Waals surface area contributed by atoms with Crippen molar-refractivity contribution in [3.63, 3.8) is 0 Å². The van der Waals surface area contributed by atoms with E-state index in [4.69, 9.17) is 22.2 Å². The Balaban J connectivity index is 1.71. The summed E-state index contributed by atoms with van der Waals surface area (Å²) >= 11 is 4.93. The molecule has 0 spiro atoms. The normalized spacial score (nSPS) is 10.5. The molecule has 2 aromatic rings. The van der Waals surface area contributed by atoms with Crippen LogP contribution in [0.25, 0.3) is 6.08 Å². The van der Waals surface area contributed by atoms with Crippen molar-refractivity contribution in [2.24, 2.45) is 0 Å². The molecular formula is C20H22N2O3S. The van der Waals surface area contributed by atoms with Crippen LogP contribution in [-0.2, 0) is 4.79 Å². The van der Waals surface area contributed by atoms with E-state index >= 15 is 0 Å². The monoisotopic (exact) mass is 370 g/mol. The summed E-state index contributed by atoms with van der Waals surface area (Å²) in [5, 5.41) is 8.77. The van der Waals surface area contributed by atoms with Gasteiger partial charge in [0.25, 0.3) is 0 Å². The summed E-state index contributed by atoms with van der Waals surface area (Å²) in [7, 11) is 1.77. The minimum atomic E-state index is -0.0387. The Morgan fingerprint density at radius 3 is 2.54 bits per heavy atom. The molecule has 136 valence electrons. The first-order valence-corrected chi connectivity index (χ1v) is 8.66. The number of carbonyl (C=O) groups is 1. The van der Waals surface area contributed by atoms with E-state index in [-0.39, 0.29) is 10.9 Å². The van der Waals surface area contributed by atoms with Gasteiger partial charge < -0.3 is 9.64 Å². The molecule has 2 aromatic carbocycles. The summed E-state index contributed by atoms with van der Waals surface area (Å²) < 4.78 is 5.65. The molecule has 0 aliphatic carbocycles. The first kappa shape index (κ1) is 19.6. The number of hydrogen-bond acceptors (Lipinski definition) is 4. The van der Waals surface area contributed by atoms with Crippen molar-refractivity contribution in [2.45, 2.75) is 6.42 Å². The van der Waals surface area contributed by atoms with Crippen LogP contribution in [-0.4, -0.2) is 41.2 Å². The lowest BCUT2D eigenvalue weighted by molar-refractivity contribution is -0.124. The van der Waals surface area contributed by atoms with Gasteiger partial charge >= 0.3 is 0 Å². The van der Waals surface area contributed by atoms with Crippen LogP contribution in [0.5, 0.6) is 5.75 Å². The largest absolute Gasteiger partial charge is 0.494 e. The van der Waals surface area contributed by atoms with E-state index in [2.05, 4.69) is 0 Å². The number of nitrogens with one attached hydrogen (secondary N) is 1. The number of hydroxylamine groups is 1. The zero-order chi connectivity index (χ0) is 18.8. The number of benzene rings is 2. The molecule has 26 heavy (non-hydrogen) atoms. The van der Waals surface area contributed by atoms with E-state index in [0.717, 1.165) is 12.0 Å². The van der Waals surface area contributed by atoms with Crippen molar-refractivity contribution < 1.29 is 14.7 Å². The molecule has 0 saturated carbocycles. The third-order valence-corrected chi connectivity index (χ3v) is 4.05. The van der Waals surface area contributed by atoms with Gasteiger partial charge in [0.15, 0.2) is 0 Å². The Morgan fingerprint density at radius 1 is 1.19 bits per heavy atom. The van der Waals surface area contributed by atoms with E-state index in [9.17, 15) is 4.79 Å². The minimum absolute atomic E-state index is 0.0387. The molecule has 0 radical (unpaired) electrons. The highest BCUT2D eigenvalue weighted by molar-refractivity contribution is 7.80. The first-order chi connectivity index (χ1) is 12.6. The minimum Gasteiger partial charge on any atom is -0.494 e. The number of ether oxygens (including phenoxy) is 1. The predicted octanol–water partition coefficient (Wildman–Crippen LogP) is 3.28. The average Bonchev–Trinajstić information content (AvgIpc) is 2.69. The number of amides is 1. The number of rotatable bonds is 8. The van der Waals surface area contributed by atoms with E-state index in [1.807, 2.05) is 41.9 Å². The molecule has 6 heteroatoms. The Hall–Kier alpha value is -2.70. The summed E-state index contributed by atoms with van der Waals surface area (Å²) in [5.74, 6) is 0.677. The maximum Gasteiger partial charge on any atom is 0.246 e. The molecule has 0 heterocycles. The second-order valence-electron chi connectivity index (χ2n) is 5.67. The molecule has 0 aromatic heterocycles. The fraction of sp³-hybridized carbons (Fsp3) is 0.200. The van der Waals surface area contributed by atoms with Crippen molar-refractivity contribution in [1.29, 1.82) is 0 Å². The van der Waals surface area contributed by atoms with Crippen molar-refractivity contribution in [3.05, 3.63) is 71.8 Å². The van der Waals surface area contributed by atoms with Gasteiger partial charge in [-0.2, -0.15) is 0 Å². The van der Waals surface area contributed by atoms with Gasteiger partial charge in [-0.15, -0.1) is 0 Å². The van der Waals surface area contributed by atoms with Gasteiger partial charge in [0.05, 0.1) is 6.61 Å². The summed E-state index contributed by atoms with van der Waals surface area (Å²) in [5.41, 5.74) is 3.65. The third kappa shape index (κ3) is 6.31. The van der Waals surface area contributed by atoms with Crippen LogP contribution in [0.1, 0.15) is 17.5 Å². The topological polar surface area (TPSA) is 61.8 Å². The van der Waals surface area contributed by atoms with E-state index in [1.165, 1.54) is 0 Å². The smallest absolute Gasteiger partial charge is 0.246 e. The van der Waals surface area contributed by atoms with Crippen molar-refractivity contribution >= 4 is 29.2 Å². The quantitative estimate of drug-likeness (QED) is 0.323. The number of carbonyl (C=O) groups excluding carboxylic acids is 1. The van der Waals surface area contributed by atoms with Crippen molar-refractivity contribution in [3.8, 4) is 5.75 Å². The van der Waals surface area contributed by atoms with Crippen LogP contribution in [0.3, 0.4) is 0 Å². The lowest BCUT2D eigenvalue weighted by atomic mass is 10.2. The number of likely N-dealkylation sites (N-methyl/N-ethyl adjacent to an activating group) is 1. The van der Waals surface area contributed by atoms with Gasteiger partial charge in [-0.05, 0) is 42.3 Å². The van der Waals surface area contributed by atoms with Gasteiger partial charge in [-0.1, -0.05) is 42.5 Å². The average molecular weight is 370 g/mol. The molecule has 0 saturated heterocycles. The predicted molar refractivity (Wildman–Crippen MR) is 106 cm³/mol. The molecule has 5 nitrogen and oxygen atoms in total. The molecule has 0 bridgehead atoms. The van der Waals surface area contributed by atoms with Crippen molar-refractivity contribution in [1.82, 2.24) is 10.4 Å². The first-order valence-electron chi connectivity index (χ1n) is 8.25. The Kier molecular flexibility index (Phi) is 7.79. The third-order valence-electron chi connectivity index (χ3n) is 3.72. The van der Waals surface area contributed by atoms with E-state index < -0.39 is 0 Å². The molecule has 0 atom stereocenters. The zero-order valence-electron chi connectivity index (χ0n) is 14.6. The highest BCUT2D eigenvalue weighted by atomic mass is 32.1. The highest BCUT2D eigenvalue weighted by Crippen LogP contribution is 2.12. The second-order valence-corrected chi connectivity index (χ2v) is 6.08. The Morgan fingerprint density at radius 2 is 1.88 bits per heavy atom. The molecule has 2 rings (SSSR count). The van der Waals surface area contributed by atoms with Crippen LogP contribution in [0.2, 0.25) is 0 Å². The fourth-order valence-electron chi connectivity index (χ4n) is 2.23. The maximum atomic E-state index is 12.1.